The molecule has 1 unspecified atom stereocenters. The summed E-state index contributed by atoms with van der Waals surface area (Å²) in [7, 11) is 2.19. The predicted octanol–water partition coefficient (Wildman–Crippen LogP) is 5.16. The molecule has 0 aliphatic carbocycles. The van der Waals surface area contributed by atoms with E-state index in [1.807, 2.05) is 19.9 Å². The molecule has 1 aromatic rings. The lowest BCUT2D eigenvalue weighted by atomic mass is 10.0. The topological polar surface area (TPSA) is 28.2 Å². The number of hydrogen-bond acceptors (Lipinski definition) is 3. The molecule has 1 aromatic heterocycles. The minimum atomic E-state index is 0.554. The van der Waals surface area contributed by atoms with Crippen LogP contribution in [-0.2, 0) is 0 Å². The summed E-state index contributed by atoms with van der Waals surface area (Å²) in [5.74, 6) is 1.54. The molecule has 22 heavy (non-hydrogen) atoms. The van der Waals surface area contributed by atoms with E-state index < -0.39 is 0 Å². The summed E-state index contributed by atoms with van der Waals surface area (Å²) >= 11 is 0. The maximum atomic E-state index is 4.52. The van der Waals surface area contributed by atoms with Crippen LogP contribution < -0.4 is 5.32 Å². The van der Waals surface area contributed by atoms with Gasteiger partial charge >= 0.3 is 0 Å². The number of piperidine rings is 1. The number of rotatable bonds is 4. The van der Waals surface area contributed by atoms with Crippen LogP contribution in [0.15, 0.2) is 18.2 Å². The first kappa shape index (κ1) is 20.9. The highest BCUT2D eigenvalue weighted by Gasteiger charge is 2.04. The SMILES string of the molecule is CC.CCNc1cccc(C(C)CC)n1.CN1CCCCC1. The largest absolute Gasteiger partial charge is 0.370 e. The molecule has 1 aliphatic heterocycles. The first-order chi connectivity index (χ1) is 10.7. The second kappa shape index (κ2) is 13.6. The molecular formula is C19H37N3. The molecule has 0 amide bonds. The van der Waals surface area contributed by atoms with E-state index in [-0.39, 0.29) is 0 Å². The molecular weight excluding hydrogens is 270 g/mol. The summed E-state index contributed by atoms with van der Waals surface area (Å²) in [6, 6.07) is 6.16. The average Bonchev–Trinajstić information content (AvgIpc) is 2.58. The van der Waals surface area contributed by atoms with Crippen molar-refractivity contribution in [3.8, 4) is 0 Å². The molecule has 1 N–H and O–H groups in total. The molecule has 2 heterocycles. The fourth-order valence-corrected chi connectivity index (χ4v) is 2.27. The fraction of sp³-hybridized carbons (Fsp3) is 0.737. The summed E-state index contributed by atoms with van der Waals surface area (Å²) in [4.78, 5) is 6.91. The van der Waals surface area contributed by atoms with Gasteiger partial charge in [0.2, 0.25) is 0 Å². The highest BCUT2D eigenvalue weighted by atomic mass is 15.1. The molecule has 1 atom stereocenters. The lowest BCUT2D eigenvalue weighted by Gasteiger charge is -2.20. The van der Waals surface area contributed by atoms with Crippen LogP contribution in [0.2, 0.25) is 0 Å². The monoisotopic (exact) mass is 307 g/mol. The summed E-state index contributed by atoms with van der Waals surface area (Å²) in [5.41, 5.74) is 1.18. The average molecular weight is 308 g/mol. The van der Waals surface area contributed by atoms with Crippen molar-refractivity contribution >= 4 is 5.82 Å². The Morgan fingerprint density at radius 1 is 1.14 bits per heavy atom. The highest BCUT2D eigenvalue weighted by Crippen LogP contribution is 2.17. The molecule has 1 fully saturated rings. The van der Waals surface area contributed by atoms with Gasteiger partial charge in [-0.25, -0.2) is 4.98 Å². The van der Waals surface area contributed by atoms with Crippen LogP contribution in [0, 0.1) is 0 Å². The van der Waals surface area contributed by atoms with Gasteiger partial charge in [0.1, 0.15) is 5.82 Å². The molecule has 128 valence electrons. The van der Waals surface area contributed by atoms with E-state index in [0.717, 1.165) is 18.8 Å². The maximum absolute atomic E-state index is 4.52. The van der Waals surface area contributed by atoms with Crippen molar-refractivity contribution in [3.63, 3.8) is 0 Å². The van der Waals surface area contributed by atoms with Gasteiger partial charge in [-0.3, -0.25) is 0 Å². The summed E-state index contributed by atoms with van der Waals surface area (Å²) in [5, 5.41) is 3.22. The van der Waals surface area contributed by atoms with Gasteiger partial charge in [-0.2, -0.15) is 0 Å². The normalized spacial score (nSPS) is 15.7. The Bertz CT molecular complexity index is 359. The fourth-order valence-electron chi connectivity index (χ4n) is 2.27. The van der Waals surface area contributed by atoms with Crippen molar-refractivity contribution in [1.29, 1.82) is 0 Å². The van der Waals surface area contributed by atoms with E-state index >= 15 is 0 Å². The molecule has 0 aromatic carbocycles. The second-order valence-electron chi connectivity index (χ2n) is 5.65. The van der Waals surface area contributed by atoms with E-state index in [0.29, 0.717) is 5.92 Å². The second-order valence-corrected chi connectivity index (χ2v) is 5.65. The molecule has 3 heteroatoms. The summed E-state index contributed by atoms with van der Waals surface area (Å²) in [6.45, 7) is 14.0. The lowest BCUT2D eigenvalue weighted by Crippen LogP contribution is -2.24. The Labute approximate surface area is 138 Å². The number of hydrogen-bond donors (Lipinski definition) is 1. The molecule has 3 nitrogen and oxygen atoms in total. The molecule has 1 aliphatic rings. The molecule has 0 saturated carbocycles. The number of pyridine rings is 1. The van der Waals surface area contributed by atoms with Crippen molar-refractivity contribution in [1.82, 2.24) is 9.88 Å². The first-order valence-corrected chi connectivity index (χ1v) is 9.06. The first-order valence-electron chi connectivity index (χ1n) is 9.06. The third kappa shape index (κ3) is 9.04. The van der Waals surface area contributed by atoms with Crippen molar-refractivity contribution in [2.45, 2.75) is 66.2 Å². The van der Waals surface area contributed by atoms with Crippen LogP contribution in [0.3, 0.4) is 0 Å². The molecule has 1 saturated heterocycles. The van der Waals surface area contributed by atoms with Gasteiger partial charge in [0.15, 0.2) is 0 Å². The van der Waals surface area contributed by atoms with Crippen LogP contribution in [-0.4, -0.2) is 36.6 Å². The van der Waals surface area contributed by atoms with Gasteiger partial charge in [-0.1, -0.05) is 40.2 Å². The molecule has 0 bridgehead atoms. The van der Waals surface area contributed by atoms with Gasteiger partial charge in [-0.05, 0) is 64.4 Å². The van der Waals surface area contributed by atoms with E-state index in [1.54, 1.807) is 0 Å². The van der Waals surface area contributed by atoms with Crippen molar-refractivity contribution in [3.05, 3.63) is 23.9 Å². The van der Waals surface area contributed by atoms with E-state index in [4.69, 9.17) is 0 Å². The quantitative estimate of drug-likeness (QED) is 0.833. The Kier molecular flexibility index (Phi) is 12.9. The minimum absolute atomic E-state index is 0.554. The van der Waals surface area contributed by atoms with Gasteiger partial charge in [-0.15, -0.1) is 0 Å². The molecule has 2 rings (SSSR count). The zero-order valence-corrected chi connectivity index (χ0v) is 15.7. The van der Waals surface area contributed by atoms with E-state index in [2.05, 4.69) is 55.2 Å². The minimum Gasteiger partial charge on any atom is -0.370 e. The van der Waals surface area contributed by atoms with Crippen LogP contribution >= 0.6 is 0 Å². The number of nitrogens with one attached hydrogen (secondary N) is 1. The van der Waals surface area contributed by atoms with E-state index in [1.165, 1.54) is 38.0 Å². The van der Waals surface area contributed by atoms with Crippen LogP contribution in [0.5, 0.6) is 0 Å². The third-order valence-corrected chi connectivity index (χ3v) is 3.83. The van der Waals surface area contributed by atoms with Gasteiger partial charge < -0.3 is 10.2 Å². The Hall–Kier alpha value is -1.09. The van der Waals surface area contributed by atoms with Crippen LogP contribution in [0.4, 0.5) is 5.82 Å². The Balaban J connectivity index is 0.000000412. The maximum Gasteiger partial charge on any atom is 0.126 e. The van der Waals surface area contributed by atoms with Gasteiger partial charge in [0.25, 0.3) is 0 Å². The number of aromatic nitrogens is 1. The lowest BCUT2D eigenvalue weighted by molar-refractivity contribution is 0.277. The Morgan fingerprint density at radius 2 is 1.77 bits per heavy atom. The predicted molar refractivity (Wildman–Crippen MR) is 99.8 cm³/mol. The standard InChI is InChI=1S/C11H18N2.C6H13N.C2H6/c1-4-9(3)10-7-6-8-11(13-10)12-5-2;1-7-5-3-2-4-6-7;1-2/h6-9H,4-5H2,1-3H3,(H,12,13);2-6H2,1H3;1-2H3. The number of nitrogens with zero attached hydrogens (tertiary/aromatic N) is 2. The zero-order valence-electron chi connectivity index (χ0n) is 15.7. The molecule has 0 spiro atoms. The van der Waals surface area contributed by atoms with Gasteiger partial charge in [0.05, 0.1) is 0 Å². The number of anilines is 1. The smallest absolute Gasteiger partial charge is 0.126 e. The van der Waals surface area contributed by atoms with Crippen molar-refractivity contribution < 1.29 is 0 Å². The van der Waals surface area contributed by atoms with Crippen LogP contribution in [0.25, 0.3) is 0 Å². The summed E-state index contributed by atoms with van der Waals surface area (Å²) < 4.78 is 0. The van der Waals surface area contributed by atoms with E-state index in [9.17, 15) is 0 Å². The van der Waals surface area contributed by atoms with Crippen molar-refractivity contribution in [2.24, 2.45) is 0 Å². The Morgan fingerprint density at radius 3 is 2.23 bits per heavy atom. The highest BCUT2D eigenvalue weighted by molar-refractivity contribution is 5.35. The summed E-state index contributed by atoms with van der Waals surface area (Å²) in [6.07, 6.45) is 5.42. The van der Waals surface area contributed by atoms with Crippen molar-refractivity contribution in [2.75, 3.05) is 32.0 Å². The van der Waals surface area contributed by atoms with Gasteiger partial charge in [0, 0.05) is 12.2 Å². The number of likely N-dealkylation sites (tertiary alicyclic amines) is 1. The van der Waals surface area contributed by atoms with Crippen LogP contribution in [0.1, 0.15) is 71.9 Å². The molecule has 0 radical (unpaired) electrons. The zero-order chi connectivity index (χ0) is 16.8. The third-order valence-electron chi connectivity index (χ3n) is 3.83.